The molecule has 3 nitrogen and oxygen atoms in total. The van der Waals surface area contributed by atoms with Gasteiger partial charge >= 0.3 is 0 Å². The normalized spacial score (nSPS) is 22.3. The number of hydrogen-bond donors (Lipinski definition) is 0. The Bertz CT molecular complexity index is 3830. The molecule has 7 aromatic carbocycles. The minimum Gasteiger partial charge on any atom is -0.311 e. The Morgan fingerprint density at radius 2 is 0.901 bits per heavy atom. The van der Waals surface area contributed by atoms with Gasteiger partial charge in [0, 0.05) is 54.7 Å². The second kappa shape index (κ2) is 17.3. The lowest BCUT2D eigenvalue weighted by atomic mass is 9.35. The van der Waals surface area contributed by atoms with E-state index in [1.807, 2.05) is 0 Å². The fourth-order valence-electron chi connectivity index (χ4n) is 16.1. The Morgan fingerprint density at radius 1 is 0.420 bits per heavy atom. The van der Waals surface area contributed by atoms with Crippen molar-refractivity contribution in [1.82, 2.24) is 0 Å². The zero-order chi connectivity index (χ0) is 56.9. The summed E-state index contributed by atoms with van der Waals surface area (Å²) in [6, 6.07) is 53.7. The molecule has 414 valence electrons. The van der Waals surface area contributed by atoms with Crippen LogP contribution >= 0.6 is 11.3 Å². The van der Waals surface area contributed by atoms with E-state index < -0.39 is 0 Å². The summed E-state index contributed by atoms with van der Waals surface area (Å²) in [4.78, 5) is 8.09. The average molecular weight is 1080 g/mol. The van der Waals surface area contributed by atoms with Gasteiger partial charge in [-0.25, -0.2) is 0 Å². The van der Waals surface area contributed by atoms with Crippen molar-refractivity contribution in [1.29, 1.82) is 0 Å². The highest BCUT2D eigenvalue weighted by Crippen LogP contribution is 2.60. The minimum absolute atomic E-state index is 0.00561. The summed E-state index contributed by atoms with van der Waals surface area (Å²) < 4.78 is 2.91. The van der Waals surface area contributed by atoms with Crippen molar-refractivity contribution in [3.05, 3.63) is 178 Å². The van der Waals surface area contributed by atoms with Gasteiger partial charge in [0.15, 0.2) is 0 Å². The summed E-state index contributed by atoms with van der Waals surface area (Å²) in [5.74, 6) is 0. The van der Waals surface area contributed by atoms with Gasteiger partial charge in [0.2, 0.25) is 0 Å². The largest absolute Gasteiger partial charge is 0.311 e. The van der Waals surface area contributed by atoms with Crippen LogP contribution in [0.4, 0.5) is 51.2 Å². The summed E-state index contributed by atoms with van der Waals surface area (Å²) in [5.41, 5.74) is 26.3. The van der Waals surface area contributed by atoms with Gasteiger partial charge in [0.25, 0.3) is 6.71 Å². The zero-order valence-electron chi connectivity index (χ0n) is 51.7. The predicted molar refractivity (Wildman–Crippen MR) is 352 cm³/mol. The quantitative estimate of drug-likeness (QED) is 0.159. The summed E-state index contributed by atoms with van der Waals surface area (Å²) >= 11 is 2.11. The van der Waals surface area contributed by atoms with Crippen molar-refractivity contribution < 1.29 is 0 Å². The van der Waals surface area contributed by atoms with Crippen LogP contribution in [0, 0.1) is 0 Å². The van der Waals surface area contributed by atoms with E-state index >= 15 is 0 Å². The highest BCUT2D eigenvalue weighted by atomic mass is 32.1. The molecule has 2 bridgehead atoms. The Morgan fingerprint density at radius 3 is 1.43 bits per heavy atom. The van der Waals surface area contributed by atoms with E-state index in [0.29, 0.717) is 0 Å². The molecular formula is C76H86BN3S. The predicted octanol–water partition coefficient (Wildman–Crippen LogP) is 19.8. The zero-order valence-corrected chi connectivity index (χ0v) is 52.5. The van der Waals surface area contributed by atoms with Crippen LogP contribution in [0.1, 0.15) is 207 Å². The van der Waals surface area contributed by atoms with Crippen LogP contribution in [0.2, 0.25) is 0 Å². The third-order valence-electron chi connectivity index (χ3n) is 21.8. The molecule has 0 unspecified atom stereocenters. The lowest BCUT2D eigenvalue weighted by Crippen LogP contribution is -2.61. The van der Waals surface area contributed by atoms with Gasteiger partial charge in [-0.1, -0.05) is 165 Å². The van der Waals surface area contributed by atoms with Gasteiger partial charge in [-0.3, -0.25) is 0 Å². The molecule has 5 heteroatoms. The SMILES string of the molecule is CC(C)(C)c1cc(N2c3cc4c(cc3B3c5sc6cc7c(cc6c5N(c5ccc6c(c5)C(C)(C)CCC6(C)C)c5cc(N(c6ccccc6)c6ccccc6)cc2c53)C2(C)CCC7(C)CC2)C(C)(C)CCC4(C)C)cc(C(C)(C)C)c1. The molecule has 0 atom stereocenters. The smallest absolute Gasteiger partial charge is 0.264 e. The topological polar surface area (TPSA) is 9.72 Å². The molecule has 0 spiro atoms. The molecule has 7 aliphatic rings. The number of fused-ring (bicyclic) bond motifs is 10. The number of hydrogen-bond acceptors (Lipinski definition) is 4. The lowest BCUT2D eigenvalue weighted by Gasteiger charge is -2.52. The average Bonchev–Trinajstić information content (AvgIpc) is 2.66. The first-order valence-electron chi connectivity index (χ1n) is 30.9. The second-order valence-electron chi connectivity index (χ2n) is 31.3. The molecule has 0 radical (unpaired) electrons. The number of nitrogens with zero attached hydrogens (tertiary/aromatic N) is 3. The number of anilines is 9. The van der Waals surface area contributed by atoms with Gasteiger partial charge in [0.1, 0.15) is 0 Å². The minimum atomic E-state index is -0.0813. The molecule has 1 fully saturated rings. The van der Waals surface area contributed by atoms with Gasteiger partial charge in [-0.05, 0) is 229 Å². The Balaban J connectivity index is 1.18. The second-order valence-corrected chi connectivity index (χ2v) is 32.4. The molecule has 81 heavy (non-hydrogen) atoms. The van der Waals surface area contributed by atoms with Crippen LogP contribution in [-0.2, 0) is 43.3 Å². The van der Waals surface area contributed by atoms with E-state index in [1.54, 1.807) is 11.1 Å². The van der Waals surface area contributed by atoms with Crippen LogP contribution in [0.5, 0.6) is 0 Å². The molecule has 2 aliphatic heterocycles. The number of thiophene rings is 1. The highest BCUT2D eigenvalue weighted by molar-refractivity contribution is 7.33. The van der Waals surface area contributed by atoms with Crippen molar-refractivity contribution in [3.8, 4) is 0 Å². The first kappa shape index (κ1) is 53.0. The first-order valence-corrected chi connectivity index (χ1v) is 31.7. The maximum atomic E-state index is 2.80. The Kier molecular flexibility index (Phi) is 11.3. The van der Waals surface area contributed by atoms with Crippen molar-refractivity contribution in [2.75, 3.05) is 14.7 Å². The third kappa shape index (κ3) is 7.99. The van der Waals surface area contributed by atoms with Crippen LogP contribution in [0.25, 0.3) is 10.1 Å². The summed E-state index contributed by atoms with van der Waals surface area (Å²) in [6.45, 7) is 39.6. The van der Waals surface area contributed by atoms with E-state index in [1.165, 1.54) is 132 Å². The monoisotopic (exact) mass is 1080 g/mol. The fraction of sp³-hybridized carbons (Fsp3) is 0.421. The summed E-state index contributed by atoms with van der Waals surface area (Å²) in [5, 5.41) is 1.42. The third-order valence-corrected chi connectivity index (χ3v) is 23.0. The number of rotatable bonds is 5. The molecular weight excluding hydrogens is 998 g/mol. The highest BCUT2D eigenvalue weighted by Gasteiger charge is 2.52. The Hall–Kier alpha value is -6.04. The maximum absolute atomic E-state index is 2.80. The van der Waals surface area contributed by atoms with Crippen LogP contribution < -0.4 is 30.4 Å². The molecule has 1 saturated carbocycles. The van der Waals surface area contributed by atoms with Crippen molar-refractivity contribution in [3.63, 3.8) is 0 Å². The Labute approximate surface area is 490 Å². The lowest BCUT2D eigenvalue weighted by molar-refractivity contribution is 0.188. The van der Waals surface area contributed by atoms with Crippen molar-refractivity contribution >= 4 is 95.0 Å². The van der Waals surface area contributed by atoms with E-state index in [0.717, 1.165) is 29.9 Å². The van der Waals surface area contributed by atoms with Crippen LogP contribution in [0.3, 0.4) is 0 Å². The van der Waals surface area contributed by atoms with Gasteiger partial charge in [-0.15, -0.1) is 11.3 Å². The van der Waals surface area contributed by atoms with Gasteiger partial charge in [-0.2, -0.15) is 0 Å². The van der Waals surface area contributed by atoms with Crippen LogP contribution in [0.15, 0.2) is 133 Å². The standard InChI is InChI=1S/C76H86BN3S/c1-69(2,3)47-37-48(70(4,5)6)39-52(38-47)79-62-45-58-57(73(11,12)31-32-74(58,13)14)44-61(62)77-66-63(79)41-53(78(49-23-19-17-20-24-49)50-25-21-18-22-26-50)42-64(66)80(51-27-28-55-56(40-51)72(9,10)30-29-71(55,7)8)67-54-43-59-60(46-65(54)81-68(67)77)76(16)35-33-75(59,15)34-36-76/h17-28,37-46H,29-36H2,1-16H3. The van der Waals surface area contributed by atoms with Crippen molar-refractivity contribution in [2.45, 2.75) is 205 Å². The first-order chi connectivity index (χ1) is 38.1. The molecule has 8 aromatic rings. The van der Waals surface area contributed by atoms with E-state index in [9.17, 15) is 0 Å². The molecule has 0 N–H and O–H groups in total. The van der Waals surface area contributed by atoms with Gasteiger partial charge in [0.05, 0.1) is 11.4 Å². The van der Waals surface area contributed by atoms with E-state index in [4.69, 9.17) is 0 Å². The molecule has 0 amide bonds. The molecule has 1 aromatic heterocycles. The summed E-state index contributed by atoms with van der Waals surface area (Å²) in [7, 11) is 0. The van der Waals surface area contributed by atoms with Crippen molar-refractivity contribution in [2.24, 2.45) is 0 Å². The number of para-hydroxylation sites is 2. The van der Waals surface area contributed by atoms with Gasteiger partial charge < -0.3 is 14.7 Å². The van der Waals surface area contributed by atoms with Crippen LogP contribution in [-0.4, -0.2) is 6.71 Å². The summed E-state index contributed by atoms with van der Waals surface area (Å²) in [6.07, 6.45) is 9.73. The molecule has 3 heterocycles. The molecule has 0 saturated heterocycles. The molecule has 5 aliphatic carbocycles. The number of benzene rings is 7. The van der Waals surface area contributed by atoms with E-state index in [2.05, 4.69) is 270 Å². The fourth-order valence-corrected chi connectivity index (χ4v) is 17.4. The molecule has 15 rings (SSSR count). The van der Waals surface area contributed by atoms with E-state index in [-0.39, 0.29) is 50.0 Å². The maximum Gasteiger partial charge on any atom is 0.264 e.